The Morgan fingerprint density at radius 3 is 1.89 bits per heavy atom. The van der Waals surface area contributed by atoms with E-state index in [1.165, 1.54) is 86.8 Å². The van der Waals surface area contributed by atoms with Gasteiger partial charge in [-0.3, -0.25) is 0 Å². The fourth-order valence-corrected chi connectivity index (χ4v) is 4.25. The molecule has 1 aromatic carbocycles. The molecule has 1 aromatic heterocycles. The third kappa shape index (κ3) is 9.23. The van der Waals surface area contributed by atoms with Gasteiger partial charge in [-0.15, -0.1) is 11.8 Å². The molecule has 2 nitrogen and oxygen atoms in total. The molecule has 0 radical (unpaired) electrons. The van der Waals surface area contributed by atoms with Crippen LogP contribution in [0.1, 0.15) is 90.0 Å². The Hall–Kier alpha value is -1.35. The van der Waals surface area contributed by atoms with Crippen LogP contribution in [0.25, 0.3) is 11.4 Å². The van der Waals surface area contributed by atoms with Gasteiger partial charge in [-0.25, -0.2) is 9.97 Å². The van der Waals surface area contributed by atoms with Crippen molar-refractivity contribution in [1.29, 1.82) is 0 Å². The molecule has 0 N–H and O–H groups in total. The largest absolute Gasteiger partial charge is 0.236 e. The highest BCUT2D eigenvalue weighted by Crippen LogP contribution is 2.23. The van der Waals surface area contributed by atoms with Gasteiger partial charge in [-0.1, -0.05) is 83.8 Å². The molecule has 0 fully saturated rings. The van der Waals surface area contributed by atoms with Gasteiger partial charge in [0.05, 0.1) is 0 Å². The first-order chi connectivity index (χ1) is 13.8. The van der Waals surface area contributed by atoms with Crippen LogP contribution < -0.4 is 0 Å². The molecule has 1 heterocycles. The first-order valence-corrected chi connectivity index (χ1v) is 12.4. The molecular formula is C25H38N2S. The summed E-state index contributed by atoms with van der Waals surface area (Å²) < 4.78 is 0. The van der Waals surface area contributed by atoms with Crippen LogP contribution in [-0.4, -0.2) is 15.7 Å². The van der Waals surface area contributed by atoms with Crippen molar-refractivity contribution in [2.24, 2.45) is 0 Å². The monoisotopic (exact) mass is 398 g/mol. The van der Waals surface area contributed by atoms with Crippen LogP contribution in [0.3, 0.4) is 0 Å². The smallest absolute Gasteiger partial charge is 0.159 e. The minimum absolute atomic E-state index is 0.836. The Kier molecular flexibility index (Phi) is 12.0. The van der Waals surface area contributed by atoms with E-state index in [2.05, 4.69) is 48.1 Å². The van der Waals surface area contributed by atoms with Crippen LogP contribution in [0.4, 0.5) is 0 Å². The molecule has 28 heavy (non-hydrogen) atoms. The highest BCUT2D eigenvalue weighted by atomic mass is 32.2. The predicted octanol–water partition coefficient (Wildman–Crippen LogP) is 8.11. The van der Waals surface area contributed by atoms with Gasteiger partial charge in [0.15, 0.2) is 5.82 Å². The standard InChI is InChI=1S/C25H38N2S/c1-3-5-7-9-10-11-12-14-22-20-26-25(27-21-22)23-15-17-24(18-16-23)28-19-13-8-6-4-2/h15-18,20-21H,3-14,19H2,1-2H3. The van der Waals surface area contributed by atoms with Gasteiger partial charge in [0, 0.05) is 22.9 Å². The lowest BCUT2D eigenvalue weighted by Gasteiger charge is -2.05. The molecule has 0 saturated carbocycles. The van der Waals surface area contributed by atoms with E-state index < -0.39 is 0 Å². The van der Waals surface area contributed by atoms with E-state index in [9.17, 15) is 0 Å². The lowest BCUT2D eigenvalue weighted by molar-refractivity contribution is 0.589. The minimum Gasteiger partial charge on any atom is -0.236 e. The Morgan fingerprint density at radius 1 is 0.679 bits per heavy atom. The third-order valence-corrected chi connectivity index (χ3v) is 6.25. The molecule has 2 rings (SSSR count). The summed E-state index contributed by atoms with van der Waals surface area (Å²) in [5.74, 6) is 2.05. The summed E-state index contributed by atoms with van der Waals surface area (Å²) in [6.07, 6.45) is 19.9. The van der Waals surface area contributed by atoms with E-state index in [4.69, 9.17) is 0 Å². The van der Waals surface area contributed by atoms with E-state index in [1.54, 1.807) is 0 Å². The maximum absolute atomic E-state index is 4.60. The fraction of sp³-hybridized carbons (Fsp3) is 0.600. The van der Waals surface area contributed by atoms with Gasteiger partial charge < -0.3 is 0 Å². The summed E-state index contributed by atoms with van der Waals surface area (Å²) in [6, 6.07) is 8.71. The SMILES string of the molecule is CCCCCCCCCc1cnc(-c2ccc(SCCCCCC)cc2)nc1. The second kappa shape index (κ2) is 14.6. The van der Waals surface area contributed by atoms with Crippen LogP contribution in [0.15, 0.2) is 41.6 Å². The maximum Gasteiger partial charge on any atom is 0.159 e. The van der Waals surface area contributed by atoms with Crippen molar-refractivity contribution in [2.45, 2.75) is 95.8 Å². The third-order valence-electron chi connectivity index (χ3n) is 5.15. The van der Waals surface area contributed by atoms with Gasteiger partial charge in [-0.2, -0.15) is 0 Å². The molecule has 0 aliphatic heterocycles. The minimum atomic E-state index is 0.836. The van der Waals surface area contributed by atoms with Crippen molar-refractivity contribution in [1.82, 2.24) is 9.97 Å². The number of aryl methyl sites for hydroxylation is 1. The van der Waals surface area contributed by atoms with E-state index in [0.29, 0.717) is 0 Å². The number of aromatic nitrogens is 2. The van der Waals surface area contributed by atoms with Gasteiger partial charge >= 0.3 is 0 Å². The molecule has 0 aliphatic carbocycles. The number of nitrogens with zero attached hydrogens (tertiary/aromatic N) is 2. The zero-order valence-corrected chi connectivity index (χ0v) is 18.8. The summed E-state index contributed by atoms with van der Waals surface area (Å²) in [5, 5.41) is 0. The topological polar surface area (TPSA) is 25.8 Å². The molecule has 2 aromatic rings. The average molecular weight is 399 g/mol. The predicted molar refractivity (Wildman–Crippen MR) is 124 cm³/mol. The Balaban J connectivity index is 1.70. The normalized spacial score (nSPS) is 11.1. The Labute approximate surface area is 177 Å². The molecule has 0 unspecified atom stereocenters. The number of rotatable bonds is 15. The van der Waals surface area contributed by atoms with Crippen molar-refractivity contribution in [3.05, 3.63) is 42.2 Å². The number of hydrogen-bond acceptors (Lipinski definition) is 3. The number of benzene rings is 1. The van der Waals surface area contributed by atoms with Crippen LogP contribution in [0, 0.1) is 0 Å². The van der Waals surface area contributed by atoms with Crippen molar-refractivity contribution in [2.75, 3.05) is 5.75 Å². The Bertz CT molecular complexity index is 622. The average Bonchev–Trinajstić information content (AvgIpc) is 2.74. The molecule has 0 spiro atoms. The van der Waals surface area contributed by atoms with E-state index >= 15 is 0 Å². The summed E-state index contributed by atoms with van der Waals surface area (Å²) >= 11 is 1.95. The van der Waals surface area contributed by atoms with Crippen molar-refractivity contribution in [3.63, 3.8) is 0 Å². The van der Waals surface area contributed by atoms with Crippen LogP contribution in [-0.2, 0) is 6.42 Å². The zero-order chi connectivity index (χ0) is 19.9. The second-order valence-corrected chi connectivity index (χ2v) is 8.89. The van der Waals surface area contributed by atoms with E-state index in [1.807, 2.05) is 24.2 Å². The zero-order valence-electron chi connectivity index (χ0n) is 18.0. The molecule has 0 amide bonds. The highest BCUT2D eigenvalue weighted by Gasteiger charge is 2.03. The maximum atomic E-state index is 4.60. The lowest BCUT2D eigenvalue weighted by Crippen LogP contribution is -1.93. The molecule has 0 saturated heterocycles. The van der Waals surface area contributed by atoms with Crippen molar-refractivity contribution >= 4 is 11.8 Å². The molecular weight excluding hydrogens is 360 g/mol. The van der Waals surface area contributed by atoms with Crippen LogP contribution >= 0.6 is 11.8 Å². The molecule has 0 aliphatic rings. The molecule has 0 bridgehead atoms. The first-order valence-electron chi connectivity index (χ1n) is 11.4. The van der Waals surface area contributed by atoms with E-state index in [0.717, 1.165) is 17.8 Å². The summed E-state index contributed by atoms with van der Waals surface area (Å²) in [5.41, 5.74) is 2.37. The van der Waals surface area contributed by atoms with Crippen LogP contribution in [0.2, 0.25) is 0 Å². The Morgan fingerprint density at radius 2 is 1.25 bits per heavy atom. The number of unbranched alkanes of at least 4 members (excludes halogenated alkanes) is 9. The van der Waals surface area contributed by atoms with Gasteiger partial charge in [0.2, 0.25) is 0 Å². The van der Waals surface area contributed by atoms with Crippen molar-refractivity contribution in [3.8, 4) is 11.4 Å². The van der Waals surface area contributed by atoms with Gasteiger partial charge in [-0.05, 0) is 42.7 Å². The van der Waals surface area contributed by atoms with E-state index in [-0.39, 0.29) is 0 Å². The molecule has 3 heteroatoms. The summed E-state index contributed by atoms with van der Waals surface area (Å²) in [6.45, 7) is 4.53. The lowest BCUT2D eigenvalue weighted by atomic mass is 10.1. The van der Waals surface area contributed by atoms with Gasteiger partial charge in [0.25, 0.3) is 0 Å². The van der Waals surface area contributed by atoms with Gasteiger partial charge in [0.1, 0.15) is 0 Å². The summed E-state index contributed by atoms with van der Waals surface area (Å²) in [7, 11) is 0. The number of hydrogen-bond donors (Lipinski definition) is 0. The van der Waals surface area contributed by atoms with Crippen LogP contribution in [0.5, 0.6) is 0 Å². The summed E-state index contributed by atoms with van der Waals surface area (Å²) in [4.78, 5) is 10.5. The molecule has 154 valence electrons. The molecule has 0 atom stereocenters. The quantitative estimate of drug-likeness (QED) is 0.224. The highest BCUT2D eigenvalue weighted by molar-refractivity contribution is 7.99. The second-order valence-electron chi connectivity index (χ2n) is 7.72. The van der Waals surface area contributed by atoms with Crippen molar-refractivity contribution < 1.29 is 0 Å². The first kappa shape index (κ1) is 22.9. The fourth-order valence-electron chi connectivity index (χ4n) is 3.34. The number of thioether (sulfide) groups is 1.